The number of hydrogen-bond donors (Lipinski definition) is 0. The van der Waals surface area contributed by atoms with Gasteiger partial charge in [0.15, 0.2) is 23.1 Å². The van der Waals surface area contributed by atoms with Crippen LogP contribution in [0.5, 0.6) is 11.5 Å². The van der Waals surface area contributed by atoms with Gasteiger partial charge in [0.05, 0.1) is 19.1 Å². The summed E-state index contributed by atoms with van der Waals surface area (Å²) >= 11 is 0. The van der Waals surface area contributed by atoms with E-state index in [2.05, 4.69) is 0 Å². The lowest BCUT2D eigenvalue weighted by Crippen LogP contribution is -2.26. The first-order chi connectivity index (χ1) is 11.3. The van der Waals surface area contributed by atoms with E-state index in [9.17, 15) is 17.2 Å². The van der Waals surface area contributed by atoms with Crippen LogP contribution in [0.3, 0.4) is 0 Å². The van der Waals surface area contributed by atoms with Crippen LogP contribution in [0.4, 0.5) is 8.78 Å². The van der Waals surface area contributed by atoms with Gasteiger partial charge in [-0.15, -0.1) is 0 Å². The van der Waals surface area contributed by atoms with Gasteiger partial charge in [-0.05, 0) is 35.9 Å². The molecule has 0 saturated heterocycles. The predicted molar refractivity (Wildman–Crippen MR) is 84.6 cm³/mol. The van der Waals surface area contributed by atoms with Crippen LogP contribution in [0.1, 0.15) is 5.56 Å². The Morgan fingerprint density at radius 1 is 0.958 bits per heavy atom. The third-order valence-corrected chi connectivity index (χ3v) is 5.25. The number of benzene rings is 2. The predicted octanol–water partition coefficient (Wildman–Crippen LogP) is 2.80. The first-order valence-corrected chi connectivity index (χ1v) is 8.36. The van der Waals surface area contributed by atoms with Gasteiger partial charge in [-0.1, -0.05) is 6.07 Å². The van der Waals surface area contributed by atoms with Crippen molar-refractivity contribution in [2.24, 2.45) is 0 Å². The van der Waals surface area contributed by atoms with Gasteiger partial charge in [-0.2, -0.15) is 4.31 Å². The van der Waals surface area contributed by atoms with Crippen molar-refractivity contribution in [3.8, 4) is 11.5 Å². The standard InChI is InChI=1S/C16H17F2NO4S/c1-19(10-11-4-6-15(22-2)13(17)8-11)24(20,21)12-5-7-16(23-3)14(18)9-12/h4-9H,10H2,1-3H3. The van der Waals surface area contributed by atoms with Crippen molar-refractivity contribution >= 4 is 10.0 Å². The maximum atomic E-state index is 13.7. The number of nitrogens with zero attached hydrogens (tertiary/aromatic N) is 1. The third kappa shape index (κ3) is 3.65. The van der Waals surface area contributed by atoms with Gasteiger partial charge in [-0.3, -0.25) is 0 Å². The van der Waals surface area contributed by atoms with Gasteiger partial charge < -0.3 is 9.47 Å². The number of hydrogen-bond acceptors (Lipinski definition) is 4. The lowest BCUT2D eigenvalue weighted by Gasteiger charge is -2.18. The fourth-order valence-corrected chi connectivity index (χ4v) is 3.31. The zero-order valence-corrected chi connectivity index (χ0v) is 14.2. The number of halogens is 2. The third-order valence-electron chi connectivity index (χ3n) is 3.45. The second-order valence-corrected chi connectivity index (χ2v) is 7.07. The molecule has 0 saturated carbocycles. The van der Waals surface area contributed by atoms with E-state index in [1.165, 1.54) is 45.5 Å². The smallest absolute Gasteiger partial charge is 0.243 e. The fourth-order valence-electron chi connectivity index (χ4n) is 2.14. The molecule has 0 aliphatic carbocycles. The average molecular weight is 357 g/mol. The van der Waals surface area contributed by atoms with E-state index in [-0.39, 0.29) is 22.9 Å². The Bertz CT molecular complexity index is 840. The Morgan fingerprint density at radius 2 is 1.50 bits per heavy atom. The highest BCUT2D eigenvalue weighted by Crippen LogP contribution is 2.24. The summed E-state index contributed by atoms with van der Waals surface area (Å²) in [5, 5.41) is 0. The molecule has 0 aliphatic rings. The molecular weight excluding hydrogens is 340 g/mol. The Hall–Kier alpha value is -2.19. The summed E-state index contributed by atoms with van der Waals surface area (Å²) in [5.41, 5.74) is 0.438. The second-order valence-electron chi connectivity index (χ2n) is 5.03. The molecule has 2 aromatic rings. The summed E-state index contributed by atoms with van der Waals surface area (Å²) in [4.78, 5) is -0.211. The molecule has 0 spiro atoms. The van der Waals surface area contributed by atoms with Crippen molar-refractivity contribution in [1.82, 2.24) is 4.31 Å². The van der Waals surface area contributed by atoms with Crippen molar-refractivity contribution in [2.75, 3.05) is 21.3 Å². The number of ether oxygens (including phenoxy) is 2. The molecule has 0 aliphatic heterocycles. The maximum absolute atomic E-state index is 13.7. The first kappa shape index (κ1) is 18.2. The monoisotopic (exact) mass is 357 g/mol. The van der Waals surface area contributed by atoms with Crippen LogP contribution in [0.2, 0.25) is 0 Å². The van der Waals surface area contributed by atoms with Crippen molar-refractivity contribution in [3.63, 3.8) is 0 Å². The first-order valence-electron chi connectivity index (χ1n) is 6.92. The summed E-state index contributed by atoms with van der Waals surface area (Å²) in [6.07, 6.45) is 0. The van der Waals surface area contributed by atoms with Crippen LogP contribution >= 0.6 is 0 Å². The van der Waals surface area contributed by atoms with E-state index in [1.807, 2.05) is 0 Å². The lowest BCUT2D eigenvalue weighted by molar-refractivity contribution is 0.384. The van der Waals surface area contributed by atoms with Gasteiger partial charge >= 0.3 is 0 Å². The van der Waals surface area contributed by atoms with Gasteiger partial charge in [-0.25, -0.2) is 17.2 Å². The van der Waals surface area contributed by atoms with E-state index >= 15 is 0 Å². The van der Waals surface area contributed by atoms with Crippen LogP contribution < -0.4 is 9.47 Å². The summed E-state index contributed by atoms with van der Waals surface area (Å²) in [5.74, 6) is -1.34. The van der Waals surface area contributed by atoms with Gasteiger partial charge in [0.25, 0.3) is 0 Å². The van der Waals surface area contributed by atoms with Crippen molar-refractivity contribution in [3.05, 3.63) is 53.6 Å². The van der Waals surface area contributed by atoms with E-state index in [0.717, 1.165) is 10.4 Å². The van der Waals surface area contributed by atoms with Crippen LogP contribution in [-0.2, 0) is 16.6 Å². The zero-order chi connectivity index (χ0) is 17.9. The normalized spacial score (nSPS) is 11.6. The van der Waals surface area contributed by atoms with Crippen LogP contribution in [0, 0.1) is 11.6 Å². The topological polar surface area (TPSA) is 55.8 Å². The van der Waals surface area contributed by atoms with Gasteiger partial charge in [0, 0.05) is 13.6 Å². The molecule has 0 amide bonds. The second kappa shape index (κ2) is 7.14. The largest absolute Gasteiger partial charge is 0.494 e. The molecule has 0 atom stereocenters. The van der Waals surface area contributed by atoms with Gasteiger partial charge in [0.1, 0.15) is 0 Å². The number of sulfonamides is 1. The van der Waals surface area contributed by atoms with Crippen molar-refractivity contribution in [2.45, 2.75) is 11.4 Å². The molecule has 8 heteroatoms. The molecule has 0 heterocycles. The molecule has 24 heavy (non-hydrogen) atoms. The maximum Gasteiger partial charge on any atom is 0.243 e. The Balaban J connectivity index is 2.26. The molecule has 0 bridgehead atoms. The minimum absolute atomic E-state index is 0.0474. The van der Waals surface area contributed by atoms with Crippen molar-refractivity contribution in [1.29, 1.82) is 0 Å². The van der Waals surface area contributed by atoms with E-state index in [1.54, 1.807) is 6.07 Å². The Kier molecular flexibility index (Phi) is 5.40. The molecule has 0 fully saturated rings. The molecule has 5 nitrogen and oxygen atoms in total. The lowest BCUT2D eigenvalue weighted by atomic mass is 10.2. The summed E-state index contributed by atoms with van der Waals surface area (Å²) in [6.45, 7) is -0.0725. The number of rotatable bonds is 6. The van der Waals surface area contributed by atoms with Crippen molar-refractivity contribution < 1.29 is 26.7 Å². The quantitative estimate of drug-likeness (QED) is 0.798. The minimum atomic E-state index is -3.93. The Labute approximate surface area is 139 Å². The summed E-state index contributed by atoms with van der Waals surface area (Å²) in [7, 11) is 0.0326. The summed E-state index contributed by atoms with van der Waals surface area (Å²) < 4.78 is 63.0. The van der Waals surface area contributed by atoms with Crippen LogP contribution in [0.25, 0.3) is 0 Å². The van der Waals surface area contributed by atoms with Gasteiger partial charge in [0.2, 0.25) is 10.0 Å². The number of methoxy groups -OCH3 is 2. The van der Waals surface area contributed by atoms with Crippen LogP contribution in [0.15, 0.2) is 41.3 Å². The molecule has 0 radical (unpaired) electrons. The molecule has 0 N–H and O–H groups in total. The molecule has 130 valence electrons. The van der Waals surface area contributed by atoms with E-state index < -0.39 is 21.7 Å². The van der Waals surface area contributed by atoms with E-state index in [0.29, 0.717) is 5.56 Å². The molecule has 2 aromatic carbocycles. The molecule has 2 rings (SSSR count). The summed E-state index contributed by atoms with van der Waals surface area (Å²) in [6, 6.07) is 7.55. The zero-order valence-electron chi connectivity index (χ0n) is 13.4. The highest BCUT2D eigenvalue weighted by molar-refractivity contribution is 7.89. The molecule has 0 aromatic heterocycles. The van der Waals surface area contributed by atoms with E-state index in [4.69, 9.17) is 9.47 Å². The fraction of sp³-hybridized carbons (Fsp3) is 0.250. The Morgan fingerprint density at radius 3 is 2.00 bits per heavy atom. The highest BCUT2D eigenvalue weighted by atomic mass is 32.2. The molecular formula is C16H17F2NO4S. The SMILES string of the molecule is COc1ccc(CN(C)S(=O)(=O)c2ccc(OC)c(F)c2)cc1F. The highest BCUT2D eigenvalue weighted by Gasteiger charge is 2.23. The minimum Gasteiger partial charge on any atom is -0.494 e. The van der Waals surface area contributed by atoms with Crippen LogP contribution in [-0.4, -0.2) is 34.0 Å². The average Bonchev–Trinajstić information content (AvgIpc) is 2.54. The molecule has 0 unspecified atom stereocenters.